The first-order valence-corrected chi connectivity index (χ1v) is 11.6. The molecule has 0 heterocycles. The zero-order valence-electron chi connectivity index (χ0n) is 21.3. The van der Waals surface area contributed by atoms with Crippen LogP contribution in [-0.4, -0.2) is 106 Å². The Kier molecular flexibility index (Phi) is 11.8. The molecule has 0 N–H and O–H groups in total. The van der Waals surface area contributed by atoms with Gasteiger partial charge in [-0.1, -0.05) is 25.6 Å². The van der Waals surface area contributed by atoms with E-state index in [1.165, 1.54) is 21.9 Å². The molecule has 180 valence electrons. The summed E-state index contributed by atoms with van der Waals surface area (Å²) in [7, 11) is 13.1. The Morgan fingerprint density at radius 1 is 1.00 bits per heavy atom. The normalized spacial score (nSPS) is 15.5. The van der Waals surface area contributed by atoms with Gasteiger partial charge < -0.3 is 9.22 Å². The van der Waals surface area contributed by atoms with Crippen LogP contribution in [0, 0.1) is 5.41 Å². The van der Waals surface area contributed by atoms with E-state index in [0.29, 0.717) is 24.2 Å². The van der Waals surface area contributed by atoms with Crippen LogP contribution in [-0.2, 0) is 24.2 Å². The maximum absolute atomic E-state index is 12.9. The number of ether oxygens (including phenoxy) is 1. The average molecular weight is 455 g/mol. The van der Waals surface area contributed by atoms with E-state index in [9.17, 15) is 4.79 Å². The molecule has 0 rings (SSSR count). The first-order valence-electron chi connectivity index (χ1n) is 10.3. The molecule has 1 atom stereocenters. The molecule has 0 aliphatic carbocycles. The number of rotatable bonds is 15. The van der Waals surface area contributed by atoms with E-state index in [0.717, 1.165) is 6.42 Å². The number of esters is 1. The van der Waals surface area contributed by atoms with E-state index >= 15 is 0 Å². The van der Waals surface area contributed by atoms with E-state index in [1.807, 2.05) is 34.3 Å². The minimum Gasteiger partial charge on any atom is -0.464 e. The van der Waals surface area contributed by atoms with Gasteiger partial charge in [0.05, 0.1) is 27.7 Å². The van der Waals surface area contributed by atoms with Gasteiger partial charge in [-0.2, -0.15) is 0 Å². The van der Waals surface area contributed by atoms with E-state index in [4.69, 9.17) is 19.5 Å². The van der Waals surface area contributed by atoms with Crippen molar-refractivity contribution in [3.63, 3.8) is 0 Å². The summed E-state index contributed by atoms with van der Waals surface area (Å²) in [6.45, 7) is 9.18. The molecule has 0 saturated carbocycles. The Labute approximate surface area is 188 Å². The van der Waals surface area contributed by atoms with E-state index < -0.39 is 9.72 Å². The Morgan fingerprint density at radius 3 is 1.87 bits per heavy atom. The minimum atomic E-state index is -0.617. The third kappa shape index (κ3) is 9.35. The van der Waals surface area contributed by atoms with Crippen molar-refractivity contribution in [1.82, 2.24) is 10.1 Å². The van der Waals surface area contributed by atoms with Crippen LogP contribution in [0.5, 0.6) is 0 Å². The van der Waals surface area contributed by atoms with Crippen molar-refractivity contribution in [3.05, 3.63) is 0 Å². The zero-order chi connectivity index (χ0) is 23.8. The lowest BCUT2D eigenvalue weighted by atomic mass is 9.77. The third-order valence-corrected chi connectivity index (χ3v) is 6.54. The second-order valence-electron chi connectivity index (χ2n) is 9.64. The lowest BCUT2D eigenvalue weighted by Crippen LogP contribution is -2.56. The fraction of sp³-hybridized carbons (Fsp3) is 0.950. The van der Waals surface area contributed by atoms with E-state index in [2.05, 4.69) is 20.8 Å². The molecule has 0 aliphatic heterocycles. The summed E-state index contributed by atoms with van der Waals surface area (Å²) in [6.07, 6.45) is 3.34. The molecule has 10 heteroatoms. The van der Waals surface area contributed by atoms with Crippen LogP contribution in [0.3, 0.4) is 0 Å². The maximum atomic E-state index is 12.9. The summed E-state index contributed by atoms with van der Waals surface area (Å²) in [5.74, 6) is -0.200. The van der Waals surface area contributed by atoms with Crippen molar-refractivity contribution in [2.45, 2.75) is 45.3 Å². The average Bonchev–Trinajstić information content (AvgIpc) is 2.60. The predicted molar refractivity (Wildman–Crippen MR) is 120 cm³/mol. The highest BCUT2D eigenvalue weighted by atomic mass is 32.2. The molecule has 0 saturated heterocycles. The van der Waals surface area contributed by atoms with Crippen molar-refractivity contribution in [2.24, 2.45) is 5.41 Å². The minimum absolute atomic E-state index is 0.181. The Hall–Kier alpha value is -0.460. The summed E-state index contributed by atoms with van der Waals surface area (Å²) in [6, 6.07) is 0. The van der Waals surface area contributed by atoms with Crippen molar-refractivity contribution < 1.29 is 33.7 Å². The third-order valence-electron chi connectivity index (χ3n) is 5.00. The van der Waals surface area contributed by atoms with Gasteiger partial charge in [-0.05, 0) is 34.9 Å². The van der Waals surface area contributed by atoms with Crippen LogP contribution >= 0.6 is 11.8 Å². The molecule has 0 fully saturated rings. The Balaban J connectivity index is 5.20. The van der Waals surface area contributed by atoms with Crippen molar-refractivity contribution in [2.75, 3.05) is 75.5 Å². The molecule has 0 aromatic heterocycles. The van der Waals surface area contributed by atoms with Gasteiger partial charge in [-0.3, -0.25) is 4.79 Å². The summed E-state index contributed by atoms with van der Waals surface area (Å²) >= 11 is 1.54. The lowest BCUT2D eigenvalue weighted by Gasteiger charge is -2.40. The second kappa shape index (κ2) is 12.0. The smallest absolute Gasteiger partial charge is 0.322 e. The van der Waals surface area contributed by atoms with Gasteiger partial charge in [0.25, 0.3) is 0 Å². The van der Waals surface area contributed by atoms with Crippen LogP contribution < -0.4 is 0 Å². The standard InChI is InChI=1S/C20H46N4O5S/c1-13-19(2,3)20(4,30-12)18(25)26-16-14-15-24(28-21(5)6,29-22(7)8)27-17-23(9,10)11/h13-17H2,1-12H3/q+2. The second-order valence-corrected chi connectivity index (χ2v) is 10.9. The molecule has 0 radical (unpaired) electrons. The summed E-state index contributed by atoms with van der Waals surface area (Å²) in [5, 5.41) is 3.06. The molecule has 0 aromatic carbocycles. The number of carbonyl (C=O) groups excluding carboxylic acids is 1. The SMILES string of the molecule is CCC(C)(C)C(C)(SC)C(=O)OCCC[N+](OC[N+](C)(C)C)(ON(C)C)ON(C)C. The van der Waals surface area contributed by atoms with Crippen LogP contribution in [0.4, 0.5) is 0 Å². The number of carbonyl (C=O) groups is 1. The number of nitrogens with zero attached hydrogens (tertiary/aromatic N) is 4. The fourth-order valence-electron chi connectivity index (χ4n) is 2.50. The largest absolute Gasteiger partial charge is 0.464 e. The van der Waals surface area contributed by atoms with Crippen LogP contribution in [0.25, 0.3) is 0 Å². The number of quaternary nitrogens is 2. The highest BCUT2D eigenvalue weighted by molar-refractivity contribution is 8.00. The van der Waals surface area contributed by atoms with Gasteiger partial charge in [-0.15, -0.1) is 21.9 Å². The molecular formula is C20H46N4O5S+2. The molecule has 9 nitrogen and oxygen atoms in total. The zero-order valence-corrected chi connectivity index (χ0v) is 22.1. The summed E-state index contributed by atoms with van der Waals surface area (Å²) in [4.78, 5) is 30.1. The van der Waals surface area contributed by atoms with Crippen molar-refractivity contribution in [3.8, 4) is 0 Å². The van der Waals surface area contributed by atoms with Gasteiger partial charge in [-0.25, -0.2) is 0 Å². The van der Waals surface area contributed by atoms with Gasteiger partial charge in [0.15, 0.2) is 6.54 Å². The molecule has 0 spiro atoms. The van der Waals surface area contributed by atoms with Crippen LogP contribution in [0.2, 0.25) is 0 Å². The number of thioether (sulfide) groups is 1. The van der Waals surface area contributed by atoms with Crippen molar-refractivity contribution in [1.29, 1.82) is 0 Å². The first kappa shape index (κ1) is 29.5. The van der Waals surface area contributed by atoms with Crippen molar-refractivity contribution >= 4 is 17.7 Å². The highest BCUT2D eigenvalue weighted by Crippen LogP contribution is 2.44. The van der Waals surface area contributed by atoms with Gasteiger partial charge in [0.2, 0.25) is 6.73 Å². The Bertz CT molecular complexity index is 516. The molecule has 0 aromatic rings. The van der Waals surface area contributed by atoms with Crippen LogP contribution in [0.15, 0.2) is 0 Å². The maximum Gasteiger partial charge on any atom is 0.322 e. The number of hydrogen-bond acceptors (Lipinski definition) is 8. The molecular weight excluding hydrogens is 408 g/mol. The molecule has 0 aliphatic rings. The fourth-order valence-corrected chi connectivity index (χ4v) is 3.42. The molecule has 1 unspecified atom stereocenters. The highest BCUT2D eigenvalue weighted by Gasteiger charge is 2.47. The van der Waals surface area contributed by atoms with E-state index in [-0.39, 0.29) is 18.0 Å². The molecule has 0 bridgehead atoms. The van der Waals surface area contributed by atoms with E-state index in [1.54, 1.807) is 28.2 Å². The Morgan fingerprint density at radius 2 is 1.50 bits per heavy atom. The van der Waals surface area contributed by atoms with Gasteiger partial charge in [0.1, 0.15) is 9.72 Å². The number of hydrogen-bond donors (Lipinski definition) is 0. The number of hydroxylamine groups is 7. The topological polar surface area (TPSA) is 60.5 Å². The first-order chi connectivity index (χ1) is 13.5. The quantitative estimate of drug-likeness (QED) is 0.123. The summed E-state index contributed by atoms with van der Waals surface area (Å²) < 4.78 is 5.62. The monoisotopic (exact) mass is 454 g/mol. The molecule has 30 heavy (non-hydrogen) atoms. The van der Waals surface area contributed by atoms with Gasteiger partial charge in [0, 0.05) is 34.6 Å². The van der Waals surface area contributed by atoms with Gasteiger partial charge >= 0.3 is 5.97 Å². The predicted octanol–water partition coefficient (Wildman–Crippen LogP) is 2.71. The summed E-state index contributed by atoms with van der Waals surface area (Å²) in [5.41, 5.74) is -0.181. The van der Waals surface area contributed by atoms with Crippen LogP contribution in [0.1, 0.15) is 40.5 Å². The lowest BCUT2D eigenvalue weighted by molar-refractivity contribution is -1.40. The molecule has 0 amide bonds.